The zero-order valence-electron chi connectivity index (χ0n) is 5.65. The van der Waals surface area contributed by atoms with E-state index in [-0.39, 0.29) is 56.3 Å². The van der Waals surface area contributed by atoms with Crippen LogP contribution in [0, 0.1) is 0 Å². The molecule has 0 aromatic carbocycles. The SMILES string of the molecule is O.O.O.O.O=[As](=O)O[As](=O)=O.[Cr].[Cu]. The van der Waals surface area contributed by atoms with Crippen molar-refractivity contribution in [3.63, 3.8) is 0 Å². The summed E-state index contributed by atoms with van der Waals surface area (Å²) in [6, 6.07) is 0. The molecule has 1 radical (unpaired) electrons. The molecule has 0 aromatic heterocycles. The van der Waals surface area contributed by atoms with Crippen LogP contribution in [-0.2, 0) is 52.1 Å². The molecule has 13 heteroatoms. The Morgan fingerprint density at radius 1 is 0.692 bits per heavy atom. The third kappa shape index (κ3) is 61.5. The normalized spacial score (nSPS) is 4.31. The summed E-state index contributed by atoms with van der Waals surface area (Å²) in [6.07, 6.45) is 0. The van der Waals surface area contributed by atoms with Crippen molar-refractivity contribution in [1.29, 1.82) is 0 Å². The summed E-state index contributed by atoms with van der Waals surface area (Å²) in [5.74, 6) is 0. The van der Waals surface area contributed by atoms with Crippen molar-refractivity contribution < 1.29 is 74.0 Å². The van der Waals surface area contributed by atoms with E-state index in [0.717, 1.165) is 0 Å². The Labute approximate surface area is 103 Å². The van der Waals surface area contributed by atoms with Crippen LogP contribution >= 0.6 is 0 Å². The summed E-state index contributed by atoms with van der Waals surface area (Å²) in [5.41, 5.74) is 0. The molecule has 0 aliphatic rings. The van der Waals surface area contributed by atoms with Gasteiger partial charge in [0.2, 0.25) is 0 Å². The van der Waals surface area contributed by atoms with Gasteiger partial charge >= 0.3 is 47.4 Å². The van der Waals surface area contributed by atoms with E-state index in [1.165, 1.54) is 0 Å². The molecular weight excluding hydrogens is 409 g/mol. The molecule has 0 rings (SSSR count). The van der Waals surface area contributed by atoms with Crippen molar-refractivity contribution in [2.24, 2.45) is 0 Å². The molecule has 0 amide bonds. The van der Waals surface area contributed by atoms with E-state index in [1.807, 2.05) is 0 Å². The van der Waals surface area contributed by atoms with E-state index in [1.54, 1.807) is 0 Å². The van der Waals surface area contributed by atoms with Gasteiger partial charge in [0.05, 0.1) is 0 Å². The third-order valence-corrected chi connectivity index (χ3v) is 3.60. The van der Waals surface area contributed by atoms with E-state index in [4.69, 9.17) is 0 Å². The molecule has 0 aromatic rings. The Morgan fingerprint density at radius 2 is 0.846 bits per heavy atom. The van der Waals surface area contributed by atoms with Crippen LogP contribution < -0.4 is 0 Å². The average molecular weight is 417 g/mol. The van der Waals surface area contributed by atoms with Gasteiger partial charge in [-0.05, 0) is 0 Å². The van der Waals surface area contributed by atoms with E-state index >= 15 is 0 Å². The van der Waals surface area contributed by atoms with Crippen molar-refractivity contribution in [2.75, 3.05) is 0 Å². The molecule has 0 unspecified atom stereocenters. The number of hydrogen-bond acceptors (Lipinski definition) is 5. The summed E-state index contributed by atoms with van der Waals surface area (Å²) < 4.78 is 40.7. The molecule has 0 aliphatic heterocycles. The van der Waals surface area contributed by atoms with Crippen molar-refractivity contribution >= 4 is 29.7 Å². The van der Waals surface area contributed by atoms with Crippen LogP contribution in [0.1, 0.15) is 0 Å². The van der Waals surface area contributed by atoms with Gasteiger partial charge in [-0.25, -0.2) is 0 Å². The first kappa shape index (κ1) is 47.8. The summed E-state index contributed by atoms with van der Waals surface area (Å²) in [6.45, 7) is 0. The number of rotatable bonds is 2. The fourth-order valence-corrected chi connectivity index (χ4v) is 1.47. The van der Waals surface area contributed by atoms with Gasteiger partial charge in [-0.15, -0.1) is 0 Å². The maximum atomic E-state index is 9.34. The first-order chi connectivity index (χ1) is 3.13. The van der Waals surface area contributed by atoms with Gasteiger partial charge in [0.15, 0.2) is 0 Å². The maximum absolute atomic E-state index is 9.34. The third-order valence-electron chi connectivity index (χ3n) is 0.133. The van der Waals surface area contributed by atoms with Crippen LogP contribution in [0.5, 0.6) is 0 Å². The largest absolute Gasteiger partial charge is 0 e. The maximum Gasteiger partial charge on any atom is 0 e. The van der Waals surface area contributed by atoms with Crippen LogP contribution in [0.3, 0.4) is 0 Å². The minimum absolute atomic E-state index is 0. The molecule has 0 bridgehead atoms. The predicted octanol–water partition coefficient (Wildman–Crippen LogP) is -4.61. The standard InChI is InChI=1S/As2O5.Cr.Cu.4H2O/c3-1(4)7-2(5)6;;;;;;/h;;;4*1H2. The van der Waals surface area contributed by atoms with Crippen LogP contribution in [0.2, 0.25) is 0 Å². The van der Waals surface area contributed by atoms with E-state index < -0.39 is 29.7 Å². The first-order valence-electron chi connectivity index (χ1n) is 1.10. The molecule has 0 heterocycles. The minimum Gasteiger partial charge on any atom is 0 e. The summed E-state index contributed by atoms with van der Waals surface area (Å²) in [5, 5.41) is 0. The van der Waals surface area contributed by atoms with Gasteiger partial charge in [-0.2, -0.15) is 0 Å². The molecule has 8 N–H and O–H groups in total. The van der Waals surface area contributed by atoms with Gasteiger partial charge in [-0.3, -0.25) is 0 Å². The second-order valence-electron chi connectivity index (χ2n) is 0.529. The summed E-state index contributed by atoms with van der Waals surface area (Å²) in [7, 11) is 0. The van der Waals surface area contributed by atoms with Crippen LogP contribution in [0.15, 0.2) is 0 Å². The molecule has 0 fully saturated rings. The van der Waals surface area contributed by atoms with E-state index in [9.17, 15) is 15.0 Å². The van der Waals surface area contributed by atoms with Gasteiger partial charge in [-0.1, -0.05) is 0 Å². The molecule has 9 nitrogen and oxygen atoms in total. The van der Waals surface area contributed by atoms with Crippen molar-refractivity contribution in [2.45, 2.75) is 0 Å². The fourth-order valence-electron chi connectivity index (χ4n) is 0.0544. The van der Waals surface area contributed by atoms with Crippen LogP contribution in [0.25, 0.3) is 0 Å². The second-order valence-corrected chi connectivity index (χ2v) is 4.53. The summed E-state index contributed by atoms with van der Waals surface area (Å²) in [4.78, 5) is 0. The van der Waals surface area contributed by atoms with Crippen LogP contribution in [0.4, 0.5) is 0 Å². The van der Waals surface area contributed by atoms with Gasteiger partial charge in [0.1, 0.15) is 0 Å². The Balaban J connectivity index is -0.0000000120. The van der Waals surface area contributed by atoms with Gasteiger partial charge in [0, 0.05) is 34.4 Å². The van der Waals surface area contributed by atoms with Crippen molar-refractivity contribution in [3.05, 3.63) is 0 Å². The molecule has 0 aliphatic carbocycles. The Hall–Kier alpha value is 1.17. The van der Waals surface area contributed by atoms with Gasteiger partial charge < -0.3 is 21.9 Å². The molecular formula is H8As2CrCuO9. The zero-order chi connectivity index (χ0) is 5.86. The Bertz CT molecular complexity index is 146. The van der Waals surface area contributed by atoms with E-state index in [0.29, 0.717) is 0 Å². The average Bonchev–Trinajstić information content (AvgIpc) is 1.27. The molecule has 0 saturated heterocycles. The Morgan fingerprint density at radius 3 is 0.846 bits per heavy atom. The topological polar surface area (TPSA) is 204 Å². The van der Waals surface area contributed by atoms with Gasteiger partial charge in [0.25, 0.3) is 0 Å². The molecule has 0 atom stereocenters. The van der Waals surface area contributed by atoms with Crippen LogP contribution in [-0.4, -0.2) is 51.6 Å². The molecule has 89 valence electrons. The molecule has 0 spiro atoms. The smallest absolute Gasteiger partial charge is 0 e. The first-order valence-corrected chi connectivity index (χ1v) is 5.69. The Kier molecular flexibility index (Phi) is 107. The van der Waals surface area contributed by atoms with Crippen molar-refractivity contribution in [3.8, 4) is 0 Å². The summed E-state index contributed by atoms with van der Waals surface area (Å²) >= 11 is -7.69. The second kappa shape index (κ2) is 29.2. The minimum atomic E-state index is -3.84. The molecule has 13 heavy (non-hydrogen) atoms. The fraction of sp³-hybridized carbons (Fsp3) is 0. The van der Waals surface area contributed by atoms with E-state index in [2.05, 4.69) is 2.72 Å². The monoisotopic (exact) mass is 417 g/mol. The quantitative estimate of drug-likeness (QED) is 0.405. The zero-order valence-corrected chi connectivity index (χ0v) is 11.6. The van der Waals surface area contributed by atoms with Crippen molar-refractivity contribution in [1.82, 2.24) is 0 Å². The molecule has 0 saturated carbocycles. The predicted molar refractivity (Wildman–Crippen MR) is 29.8 cm³/mol. The number of hydrogen-bond donors (Lipinski definition) is 0.